The van der Waals surface area contributed by atoms with Gasteiger partial charge in [0.1, 0.15) is 11.4 Å². The Morgan fingerprint density at radius 1 is 0.935 bits per heavy atom. The van der Waals surface area contributed by atoms with Crippen molar-refractivity contribution in [3.8, 4) is 0 Å². The van der Waals surface area contributed by atoms with Crippen LogP contribution in [0.15, 0.2) is 60.7 Å². The van der Waals surface area contributed by atoms with Crippen molar-refractivity contribution in [2.24, 2.45) is 0 Å². The second-order valence-corrected chi connectivity index (χ2v) is 7.46. The molecule has 1 aliphatic rings. The Bertz CT molecular complexity index is 1110. The van der Waals surface area contributed by atoms with Gasteiger partial charge in [0, 0.05) is 18.5 Å². The minimum atomic E-state index is -0.661. The molecule has 0 aliphatic carbocycles. The van der Waals surface area contributed by atoms with Gasteiger partial charge in [-0.25, -0.2) is 9.78 Å². The average Bonchev–Trinajstić information content (AvgIpc) is 3.32. The Kier molecular flexibility index (Phi) is 6.21. The van der Waals surface area contributed by atoms with E-state index in [9.17, 15) is 14.4 Å². The Morgan fingerprint density at radius 3 is 2.42 bits per heavy atom. The SMILES string of the molecule is O=C(COC(=O)c1cc2ccccc2nc1N1CCCC1)NC(=O)Cc1ccccc1. The van der Waals surface area contributed by atoms with E-state index in [0.29, 0.717) is 11.4 Å². The molecular weight excluding hydrogens is 394 g/mol. The molecule has 1 saturated heterocycles. The van der Waals surface area contributed by atoms with Crippen molar-refractivity contribution in [3.05, 3.63) is 71.8 Å². The highest BCUT2D eigenvalue weighted by atomic mass is 16.5. The van der Waals surface area contributed by atoms with Gasteiger partial charge in [0.05, 0.1) is 11.9 Å². The first-order chi connectivity index (χ1) is 15.1. The summed E-state index contributed by atoms with van der Waals surface area (Å²) in [4.78, 5) is 43.6. The van der Waals surface area contributed by atoms with Gasteiger partial charge in [0.2, 0.25) is 5.91 Å². The average molecular weight is 417 g/mol. The van der Waals surface area contributed by atoms with E-state index in [-0.39, 0.29) is 6.42 Å². The van der Waals surface area contributed by atoms with Crippen LogP contribution < -0.4 is 10.2 Å². The van der Waals surface area contributed by atoms with Crippen LogP contribution in [-0.2, 0) is 20.7 Å². The highest BCUT2D eigenvalue weighted by Gasteiger charge is 2.23. The summed E-state index contributed by atoms with van der Waals surface area (Å²) in [5.74, 6) is -1.17. The number of para-hydroxylation sites is 1. The number of fused-ring (bicyclic) bond motifs is 1. The monoisotopic (exact) mass is 417 g/mol. The highest BCUT2D eigenvalue weighted by molar-refractivity contribution is 6.01. The van der Waals surface area contributed by atoms with Gasteiger partial charge >= 0.3 is 5.97 Å². The Morgan fingerprint density at radius 2 is 1.65 bits per heavy atom. The zero-order valence-electron chi connectivity index (χ0n) is 17.0. The molecule has 0 radical (unpaired) electrons. The Hall–Kier alpha value is -3.74. The molecule has 0 bridgehead atoms. The van der Waals surface area contributed by atoms with E-state index in [1.54, 1.807) is 18.2 Å². The molecule has 2 heterocycles. The number of pyridine rings is 1. The van der Waals surface area contributed by atoms with Crippen LogP contribution in [0.4, 0.5) is 5.82 Å². The summed E-state index contributed by atoms with van der Waals surface area (Å²) < 4.78 is 5.22. The molecule has 7 heteroatoms. The van der Waals surface area contributed by atoms with Crippen LogP contribution in [0.1, 0.15) is 28.8 Å². The van der Waals surface area contributed by atoms with Crippen LogP contribution in [0.2, 0.25) is 0 Å². The molecule has 0 spiro atoms. The molecule has 31 heavy (non-hydrogen) atoms. The molecule has 1 aromatic heterocycles. The lowest BCUT2D eigenvalue weighted by Crippen LogP contribution is -2.35. The molecule has 158 valence electrons. The molecule has 0 unspecified atom stereocenters. The summed E-state index contributed by atoms with van der Waals surface area (Å²) in [6, 6.07) is 18.4. The zero-order valence-corrected chi connectivity index (χ0v) is 17.0. The van der Waals surface area contributed by atoms with Gasteiger partial charge in [-0.15, -0.1) is 0 Å². The van der Waals surface area contributed by atoms with Crippen molar-refractivity contribution in [1.82, 2.24) is 10.3 Å². The molecule has 2 aromatic carbocycles. The molecule has 2 amide bonds. The fourth-order valence-corrected chi connectivity index (χ4v) is 3.65. The predicted molar refractivity (Wildman–Crippen MR) is 117 cm³/mol. The van der Waals surface area contributed by atoms with Crippen molar-refractivity contribution in [3.63, 3.8) is 0 Å². The van der Waals surface area contributed by atoms with Gasteiger partial charge in [-0.3, -0.25) is 14.9 Å². The van der Waals surface area contributed by atoms with Gasteiger partial charge in [0.25, 0.3) is 5.91 Å². The molecule has 1 aliphatic heterocycles. The maximum atomic E-state index is 12.8. The van der Waals surface area contributed by atoms with Crippen molar-refractivity contribution in [1.29, 1.82) is 0 Å². The van der Waals surface area contributed by atoms with Crippen LogP contribution in [0, 0.1) is 0 Å². The Balaban J connectivity index is 1.42. The molecular formula is C24H23N3O4. The summed E-state index contributed by atoms with van der Waals surface area (Å²) in [6.07, 6.45) is 2.15. The number of amides is 2. The van der Waals surface area contributed by atoms with E-state index in [1.165, 1.54) is 0 Å². The van der Waals surface area contributed by atoms with Gasteiger partial charge in [-0.2, -0.15) is 0 Å². The van der Waals surface area contributed by atoms with E-state index in [4.69, 9.17) is 4.74 Å². The number of hydrogen-bond donors (Lipinski definition) is 1. The smallest absolute Gasteiger partial charge is 0.342 e. The number of carbonyl (C=O) groups is 3. The van der Waals surface area contributed by atoms with Crippen LogP contribution in [0.25, 0.3) is 10.9 Å². The number of esters is 1. The number of hydrogen-bond acceptors (Lipinski definition) is 6. The number of anilines is 1. The minimum absolute atomic E-state index is 0.0776. The number of benzene rings is 2. The third kappa shape index (κ3) is 5.06. The number of nitrogens with one attached hydrogen (secondary N) is 1. The number of imide groups is 1. The first-order valence-electron chi connectivity index (χ1n) is 10.3. The van der Waals surface area contributed by atoms with E-state index < -0.39 is 24.4 Å². The third-order valence-electron chi connectivity index (χ3n) is 5.15. The molecule has 1 fully saturated rings. The summed E-state index contributed by atoms with van der Waals surface area (Å²) in [5.41, 5.74) is 1.91. The second-order valence-electron chi connectivity index (χ2n) is 7.46. The topological polar surface area (TPSA) is 88.6 Å². The third-order valence-corrected chi connectivity index (χ3v) is 5.15. The van der Waals surface area contributed by atoms with E-state index in [1.807, 2.05) is 42.5 Å². The van der Waals surface area contributed by atoms with Gasteiger partial charge < -0.3 is 9.64 Å². The maximum absolute atomic E-state index is 12.8. The predicted octanol–water partition coefficient (Wildman–Crippen LogP) is 2.88. The highest BCUT2D eigenvalue weighted by Crippen LogP contribution is 2.27. The van der Waals surface area contributed by atoms with E-state index >= 15 is 0 Å². The van der Waals surface area contributed by atoms with Crippen LogP contribution in [0.5, 0.6) is 0 Å². The summed E-state index contributed by atoms with van der Waals surface area (Å²) in [6.45, 7) is 1.10. The van der Waals surface area contributed by atoms with Gasteiger partial charge in [-0.05, 0) is 30.5 Å². The van der Waals surface area contributed by atoms with Gasteiger partial charge in [0.15, 0.2) is 6.61 Å². The summed E-state index contributed by atoms with van der Waals surface area (Å²) in [7, 11) is 0. The second kappa shape index (κ2) is 9.38. The molecule has 4 rings (SSSR count). The van der Waals surface area contributed by atoms with Crippen LogP contribution >= 0.6 is 0 Å². The number of carbonyl (C=O) groups excluding carboxylic acids is 3. The molecule has 3 aromatic rings. The quantitative estimate of drug-likeness (QED) is 0.621. The number of ether oxygens (including phenoxy) is 1. The van der Waals surface area contributed by atoms with Crippen molar-refractivity contribution >= 4 is 34.5 Å². The fraction of sp³-hybridized carbons (Fsp3) is 0.250. The first-order valence-corrected chi connectivity index (χ1v) is 10.3. The normalized spacial score (nSPS) is 13.2. The fourth-order valence-electron chi connectivity index (χ4n) is 3.65. The van der Waals surface area contributed by atoms with E-state index in [0.717, 1.165) is 42.4 Å². The lowest BCUT2D eigenvalue weighted by atomic mass is 10.1. The molecule has 0 saturated carbocycles. The van der Waals surface area contributed by atoms with Crippen LogP contribution in [-0.4, -0.2) is 42.5 Å². The summed E-state index contributed by atoms with van der Waals surface area (Å²) >= 11 is 0. The van der Waals surface area contributed by atoms with Crippen molar-refractivity contribution < 1.29 is 19.1 Å². The number of rotatable bonds is 6. The van der Waals surface area contributed by atoms with Crippen LogP contribution in [0.3, 0.4) is 0 Å². The molecule has 7 nitrogen and oxygen atoms in total. The minimum Gasteiger partial charge on any atom is -0.452 e. The van der Waals surface area contributed by atoms with Crippen molar-refractivity contribution in [2.75, 3.05) is 24.6 Å². The lowest BCUT2D eigenvalue weighted by molar-refractivity contribution is -0.132. The maximum Gasteiger partial charge on any atom is 0.342 e. The lowest BCUT2D eigenvalue weighted by Gasteiger charge is -2.20. The number of nitrogens with zero attached hydrogens (tertiary/aromatic N) is 2. The standard InChI is InChI=1S/C24H23N3O4/c28-21(14-17-8-2-1-3-9-17)26-22(29)16-31-24(30)19-15-18-10-4-5-11-20(18)25-23(19)27-12-6-7-13-27/h1-5,8-11,15H,6-7,12-14,16H2,(H,26,28,29). The van der Waals surface area contributed by atoms with Gasteiger partial charge in [-0.1, -0.05) is 48.5 Å². The first kappa shape index (κ1) is 20.5. The zero-order chi connectivity index (χ0) is 21.6. The largest absolute Gasteiger partial charge is 0.452 e. The summed E-state index contributed by atoms with van der Waals surface area (Å²) in [5, 5.41) is 3.07. The van der Waals surface area contributed by atoms with E-state index in [2.05, 4.69) is 15.2 Å². The molecule has 1 N–H and O–H groups in total. The van der Waals surface area contributed by atoms with Crippen molar-refractivity contribution in [2.45, 2.75) is 19.3 Å². The Labute approximate surface area is 180 Å². The molecule has 0 atom stereocenters. The number of aromatic nitrogens is 1.